The second kappa shape index (κ2) is 6.48. The van der Waals surface area contributed by atoms with Crippen molar-refractivity contribution in [1.82, 2.24) is 15.1 Å². The van der Waals surface area contributed by atoms with Crippen LogP contribution in [0.15, 0.2) is 0 Å². The first-order valence-corrected chi connectivity index (χ1v) is 6.01. The van der Waals surface area contributed by atoms with E-state index in [4.69, 9.17) is 4.74 Å². The summed E-state index contributed by atoms with van der Waals surface area (Å²) in [4.78, 5) is 36.5. The molecule has 19 heavy (non-hydrogen) atoms. The van der Waals surface area contributed by atoms with Gasteiger partial charge in [0.2, 0.25) is 0 Å². The van der Waals surface area contributed by atoms with Crippen molar-refractivity contribution >= 4 is 17.9 Å². The summed E-state index contributed by atoms with van der Waals surface area (Å²) >= 11 is 0. The van der Waals surface area contributed by atoms with E-state index < -0.39 is 24.2 Å². The summed E-state index contributed by atoms with van der Waals surface area (Å²) in [6.07, 6.45) is -2.09. The van der Waals surface area contributed by atoms with Crippen molar-refractivity contribution in [2.75, 3.05) is 27.2 Å². The summed E-state index contributed by atoms with van der Waals surface area (Å²) in [7, 11) is 2.77. The van der Waals surface area contributed by atoms with Crippen LogP contribution in [0, 0.1) is 0 Å². The molecule has 2 atom stereocenters. The van der Waals surface area contributed by atoms with Crippen LogP contribution in [0.1, 0.15) is 13.3 Å². The Labute approximate surface area is 111 Å². The van der Waals surface area contributed by atoms with E-state index in [9.17, 15) is 19.5 Å². The molecule has 0 saturated carbocycles. The number of esters is 1. The van der Waals surface area contributed by atoms with Crippen molar-refractivity contribution in [1.29, 1.82) is 0 Å². The number of aliphatic hydroxyl groups is 1. The summed E-state index contributed by atoms with van der Waals surface area (Å²) in [6.45, 7) is 2.21. The molecule has 2 unspecified atom stereocenters. The first kappa shape index (κ1) is 15.4. The van der Waals surface area contributed by atoms with Gasteiger partial charge in [0.25, 0.3) is 5.91 Å². The molecule has 1 aliphatic heterocycles. The van der Waals surface area contributed by atoms with Crippen LogP contribution in [-0.4, -0.2) is 72.3 Å². The molecule has 1 aliphatic rings. The maximum absolute atomic E-state index is 11.7. The van der Waals surface area contributed by atoms with Crippen molar-refractivity contribution in [2.45, 2.75) is 25.6 Å². The average molecular weight is 273 g/mol. The van der Waals surface area contributed by atoms with Crippen LogP contribution in [-0.2, 0) is 14.3 Å². The van der Waals surface area contributed by atoms with Crippen LogP contribution in [0.3, 0.4) is 0 Å². The van der Waals surface area contributed by atoms with Crippen molar-refractivity contribution in [3.63, 3.8) is 0 Å². The summed E-state index contributed by atoms with van der Waals surface area (Å²) < 4.78 is 4.75. The van der Waals surface area contributed by atoms with Gasteiger partial charge < -0.3 is 14.7 Å². The van der Waals surface area contributed by atoms with Crippen molar-refractivity contribution < 1.29 is 24.2 Å². The molecule has 0 aliphatic carbocycles. The predicted molar refractivity (Wildman–Crippen MR) is 65.0 cm³/mol. The highest BCUT2D eigenvalue weighted by atomic mass is 16.5. The van der Waals surface area contributed by atoms with E-state index >= 15 is 0 Å². The van der Waals surface area contributed by atoms with Crippen LogP contribution in [0.5, 0.6) is 0 Å². The van der Waals surface area contributed by atoms with E-state index in [2.05, 4.69) is 5.32 Å². The van der Waals surface area contributed by atoms with Crippen molar-refractivity contribution in [3.8, 4) is 0 Å². The monoisotopic (exact) mass is 273 g/mol. The number of urea groups is 1. The van der Waals surface area contributed by atoms with E-state index in [0.29, 0.717) is 6.61 Å². The van der Waals surface area contributed by atoms with Gasteiger partial charge in [0.15, 0.2) is 6.10 Å². The molecule has 8 nitrogen and oxygen atoms in total. The van der Waals surface area contributed by atoms with Gasteiger partial charge in [-0.25, -0.2) is 4.79 Å². The lowest BCUT2D eigenvalue weighted by atomic mass is 10.1. The zero-order chi connectivity index (χ0) is 14.6. The van der Waals surface area contributed by atoms with Gasteiger partial charge in [-0.15, -0.1) is 0 Å². The molecule has 0 aromatic heterocycles. The third-order valence-corrected chi connectivity index (χ3v) is 2.88. The lowest BCUT2D eigenvalue weighted by Crippen LogP contribution is -2.66. The molecule has 0 aromatic carbocycles. The Morgan fingerprint density at radius 1 is 1.42 bits per heavy atom. The van der Waals surface area contributed by atoms with E-state index in [1.807, 2.05) is 0 Å². The van der Waals surface area contributed by atoms with E-state index in [1.165, 1.54) is 19.0 Å². The quantitative estimate of drug-likeness (QED) is 0.607. The van der Waals surface area contributed by atoms with Crippen molar-refractivity contribution in [3.05, 3.63) is 0 Å². The van der Waals surface area contributed by atoms with Crippen LogP contribution in [0.2, 0.25) is 0 Å². The van der Waals surface area contributed by atoms with Gasteiger partial charge >= 0.3 is 12.0 Å². The van der Waals surface area contributed by atoms with Gasteiger partial charge in [-0.1, -0.05) is 0 Å². The summed E-state index contributed by atoms with van der Waals surface area (Å²) in [5, 5.41) is 12.6. The number of carbonyl (C=O) groups excluding carboxylic acids is 3. The minimum atomic E-state index is -1.35. The average Bonchev–Trinajstić information content (AvgIpc) is 2.38. The topological polar surface area (TPSA) is 99.2 Å². The molecule has 0 spiro atoms. The smallest absolute Gasteiger partial charge is 0.327 e. The highest BCUT2D eigenvalue weighted by molar-refractivity contribution is 5.99. The maximum atomic E-state index is 11.7. The molecule has 1 heterocycles. The standard InChI is InChI=1S/C11H19N3O5/c1-4-19-7(15)5-6-12-9-8(16)10(17)14(3)11(18)13(9)2/h8-9,12,16H,4-6H2,1-3H3. The fourth-order valence-corrected chi connectivity index (χ4v) is 1.80. The molecule has 3 amide bonds. The van der Waals surface area contributed by atoms with Gasteiger partial charge in [-0.2, -0.15) is 0 Å². The van der Waals surface area contributed by atoms with E-state index in [1.54, 1.807) is 6.92 Å². The number of carbonyl (C=O) groups is 3. The van der Waals surface area contributed by atoms with Gasteiger partial charge in [0, 0.05) is 20.6 Å². The lowest BCUT2D eigenvalue weighted by molar-refractivity contribution is -0.145. The number of nitrogens with one attached hydrogen (secondary N) is 1. The fourth-order valence-electron chi connectivity index (χ4n) is 1.80. The minimum absolute atomic E-state index is 0.100. The Kier molecular flexibility index (Phi) is 5.25. The SMILES string of the molecule is CCOC(=O)CCNC1C(O)C(=O)N(C)C(=O)N1C. The molecule has 0 aromatic rings. The molecule has 0 bridgehead atoms. The van der Waals surface area contributed by atoms with Crippen LogP contribution in [0.4, 0.5) is 4.79 Å². The summed E-state index contributed by atoms with van der Waals surface area (Å²) in [6, 6.07) is -0.510. The second-order valence-electron chi connectivity index (χ2n) is 4.19. The van der Waals surface area contributed by atoms with Gasteiger partial charge in [-0.05, 0) is 6.92 Å². The number of imide groups is 1. The molecule has 0 radical (unpaired) electrons. The molecule has 1 rings (SSSR count). The number of hydrogen-bond donors (Lipinski definition) is 2. The highest BCUT2D eigenvalue weighted by Crippen LogP contribution is 2.13. The Balaban J connectivity index is 2.54. The normalized spacial score (nSPS) is 23.8. The number of rotatable bonds is 5. The Bertz CT molecular complexity index is 351. The van der Waals surface area contributed by atoms with Crippen LogP contribution >= 0.6 is 0 Å². The number of nitrogens with zero attached hydrogens (tertiary/aromatic N) is 2. The van der Waals surface area contributed by atoms with Crippen molar-refractivity contribution in [2.24, 2.45) is 0 Å². The molecular weight excluding hydrogens is 254 g/mol. The Hall–Kier alpha value is -1.67. The number of ether oxygens (including phenoxy) is 1. The van der Waals surface area contributed by atoms with Gasteiger partial charge in [0.05, 0.1) is 13.0 Å². The highest BCUT2D eigenvalue weighted by Gasteiger charge is 2.41. The minimum Gasteiger partial charge on any atom is -0.466 e. The molecule has 108 valence electrons. The first-order chi connectivity index (χ1) is 8.90. The zero-order valence-electron chi connectivity index (χ0n) is 11.3. The summed E-state index contributed by atoms with van der Waals surface area (Å²) in [5.41, 5.74) is 0. The lowest BCUT2D eigenvalue weighted by Gasteiger charge is -2.39. The molecule has 2 N–H and O–H groups in total. The van der Waals surface area contributed by atoms with Crippen LogP contribution in [0.25, 0.3) is 0 Å². The van der Waals surface area contributed by atoms with E-state index in [0.717, 1.165) is 4.90 Å². The predicted octanol–water partition coefficient (Wildman–Crippen LogP) is -1.26. The fraction of sp³-hybridized carbons (Fsp3) is 0.727. The number of aliphatic hydroxyl groups excluding tert-OH is 1. The third-order valence-electron chi connectivity index (χ3n) is 2.88. The maximum Gasteiger partial charge on any atom is 0.327 e. The van der Waals surface area contributed by atoms with E-state index in [-0.39, 0.29) is 18.9 Å². The molecule has 1 saturated heterocycles. The Morgan fingerprint density at radius 3 is 2.63 bits per heavy atom. The van der Waals surface area contributed by atoms with Crippen LogP contribution < -0.4 is 5.32 Å². The molecule has 8 heteroatoms. The van der Waals surface area contributed by atoms with Gasteiger partial charge in [-0.3, -0.25) is 19.8 Å². The number of hydrogen-bond acceptors (Lipinski definition) is 6. The first-order valence-electron chi connectivity index (χ1n) is 6.01. The number of amides is 3. The zero-order valence-corrected chi connectivity index (χ0v) is 11.3. The van der Waals surface area contributed by atoms with Gasteiger partial charge in [0.1, 0.15) is 6.17 Å². The summed E-state index contributed by atoms with van der Waals surface area (Å²) in [5.74, 6) is -1.05. The largest absolute Gasteiger partial charge is 0.466 e. The molecule has 1 fully saturated rings. The number of likely N-dealkylation sites (N-methyl/N-ethyl adjacent to an activating group) is 2. The Morgan fingerprint density at radius 2 is 2.05 bits per heavy atom. The second-order valence-corrected chi connectivity index (χ2v) is 4.19. The molecular formula is C11H19N3O5. The third kappa shape index (κ3) is 3.42.